The van der Waals surface area contributed by atoms with Gasteiger partial charge in [-0.1, -0.05) is 20.8 Å². The molecule has 0 aliphatic carbocycles. The second-order valence-electron chi connectivity index (χ2n) is 4.84. The van der Waals surface area contributed by atoms with E-state index in [1.165, 1.54) is 0 Å². The molecule has 0 aliphatic rings. The smallest absolute Gasteiger partial charge is 0.129 e. The summed E-state index contributed by atoms with van der Waals surface area (Å²) in [5.41, 5.74) is 1.24. The maximum atomic E-state index is 6.11. The average molecular weight is 270 g/mol. The molecule has 0 aliphatic heterocycles. The fourth-order valence-corrected chi connectivity index (χ4v) is 2.39. The third-order valence-electron chi connectivity index (χ3n) is 3.68. The fraction of sp³-hybridized carbons (Fsp3) is 0.714. The summed E-state index contributed by atoms with van der Waals surface area (Å²) in [5.74, 6) is 2.41. The first kappa shape index (κ1) is 15.2. The molecule has 0 radical (unpaired) electrons. The van der Waals surface area contributed by atoms with E-state index in [0.29, 0.717) is 5.88 Å². The summed E-state index contributed by atoms with van der Waals surface area (Å²) in [7, 11) is 0. The highest BCUT2D eigenvalue weighted by molar-refractivity contribution is 6.18. The van der Waals surface area contributed by atoms with Crippen LogP contribution in [-0.4, -0.2) is 22.4 Å². The summed E-state index contributed by atoms with van der Waals surface area (Å²) in [5, 5.41) is 3.42. The van der Waals surface area contributed by atoms with Crippen LogP contribution in [0.3, 0.4) is 0 Å². The predicted molar refractivity (Wildman–Crippen MR) is 78.4 cm³/mol. The summed E-state index contributed by atoms with van der Waals surface area (Å²) in [4.78, 5) is 8.80. The van der Waals surface area contributed by atoms with Crippen LogP contribution in [0.2, 0.25) is 0 Å². The lowest BCUT2D eigenvalue weighted by atomic mass is 9.84. The minimum Gasteiger partial charge on any atom is -0.369 e. The molecule has 1 rings (SSSR count). The van der Waals surface area contributed by atoms with E-state index in [4.69, 9.17) is 11.6 Å². The summed E-state index contributed by atoms with van der Waals surface area (Å²) >= 11 is 6.11. The Balaban J connectivity index is 2.76. The third kappa shape index (κ3) is 3.84. The number of nitrogens with zero attached hydrogens (tertiary/aromatic N) is 2. The van der Waals surface area contributed by atoms with Gasteiger partial charge in [-0.2, -0.15) is 0 Å². The molecule has 1 aromatic heterocycles. The Labute approximate surface area is 115 Å². The van der Waals surface area contributed by atoms with Gasteiger partial charge in [-0.25, -0.2) is 9.97 Å². The van der Waals surface area contributed by atoms with Crippen molar-refractivity contribution in [2.24, 2.45) is 5.41 Å². The third-order valence-corrected chi connectivity index (χ3v) is 4.25. The number of aryl methyl sites for hydroxylation is 2. The van der Waals surface area contributed by atoms with Gasteiger partial charge in [0.05, 0.1) is 0 Å². The van der Waals surface area contributed by atoms with Crippen molar-refractivity contribution in [2.75, 3.05) is 17.7 Å². The van der Waals surface area contributed by atoms with E-state index in [-0.39, 0.29) is 5.41 Å². The van der Waals surface area contributed by atoms with Crippen LogP contribution < -0.4 is 5.32 Å². The molecule has 0 amide bonds. The highest BCUT2D eigenvalue weighted by Gasteiger charge is 2.24. The topological polar surface area (TPSA) is 37.8 Å². The number of hydrogen-bond donors (Lipinski definition) is 1. The molecule has 1 aromatic rings. The zero-order valence-electron chi connectivity index (χ0n) is 11.9. The van der Waals surface area contributed by atoms with E-state index in [2.05, 4.69) is 36.1 Å². The van der Waals surface area contributed by atoms with Crippen LogP contribution in [0.25, 0.3) is 0 Å². The predicted octanol–water partition coefficient (Wildman–Crippen LogP) is 3.80. The molecule has 3 nitrogen and oxygen atoms in total. The minimum atomic E-state index is 0.160. The van der Waals surface area contributed by atoms with E-state index < -0.39 is 0 Å². The van der Waals surface area contributed by atoms with E-state index >= 15 is 0 Å². The van der Waals surface area contributed by atoms with Gasteiger partial charge in [0.1, 0.15) is 11.6 Å². The second kappa shape index (κ2) is 6.93. The Kier molecular flexibility index (Phi) is 5.86. The summed E-state index contributed by atoms with van der Waals surface area (Å²) in [6.07, 6.45) is 3.08. The normalized spacial score (nSPS) is 11.6. The monoisotopic (exact) mass is 269 g/mol. The van der Waals surface area contributed by atoms with E-state index in [1.54, 1.807) is 0 Å². The van der Waals surface area contributed by atoms with Crippen LogP contribution in [0, 0.1) is 12.3 Å². The minimum absolute atomic E-state index is 0.160. The van der Waals surface area contributed by atoms with Crippen molar-refractivity contribution < 1.29 is 0 Å². The Morgan fingerprint density at radius 2 is 1.89 bits per heavy atom. The Morgan fingerprint density at radius 1 is 1.22 bits per heavy atom. The van der Waals surface area contributed by atoms with Crippen molar-refractivity contribution in [1.82, 2.24) is 9.97 Å². The van der Waals surface area contributed by atoms with Gasteiger partial charge < -0.3 is 5.32 Å². The number of alkyl halides is 1. The molecule has 0 aromatic carbocycles. The van der Waals surface area contributed by atoms with Crippen molar-refractivity contribution >= 4 is 17.4 Å². The van der Waals surface area contributed by atoms with Crippen molar-refractivity contribution in [2.45, 2.75) is 47.0 Å². The lowest BCUT2D eigenvalue weighted by Crippen LogP contribution is -2.30. The lowest BCUT2D eigenvalue weighted by molar-refractivity contribution is 0.326. The van der Waals surface area contributed by atoms with Gasteiger partial charge >= 0.3 is 0 Å². The van der Waals surface area contributed by atoms with Gasteiger partial charge in [0, 0.05) is 29.6 Å². The number of anilines is 1. The summed E-state index contributed by atoms with van der Waals surface area (Å²) in [6, 6.07) is 2.03. The van der Waals surface area contributed by atoms with Crippen LogP contribution in [0.5, 0.6) is 0 Å². The Bertz CT molecular complexity index is 367. The zero-order valence-corrected chi connectivity index (χ0v) is 12.6. The molecule has 0 saturated heterocycles. The quantitative estimate of drug-likeness (QED) is 0.765. The van der Waals surface area contributed by atoms with Crippen LogP contribution in [0.4, 0.5) is 5.82 Å². The maximum absolute atomic E-state index is 6.11. The first-order valence-corrected chi connectivity index (χ1v) is 7.27. The Hall–Kier alpha value is -0.830. The molecule has 0 bridgehead atoms. The Morgan fingerprint density at radius 3 is 2.39 bits per heavy atom. The molecular formula is C14H24ClN3. The van der Waals surface area contributed by atoms with Gasteiger partial charge in [-0.15, -0.1) is 11.6 Å². The second-order valence-corrected chi connectivity index (χ2v) is 5.11. The first-order chi connectivity index (χ1) is 8.59. The molecule has 1 heterocycles. The van der Waals surface area contributed by atoms with E-state index in [1.807, 2.05) is 13.0 Å². The zero-order chi connectivity index (χ0) is 13.6. The highest BCUT2D eigenvalue weighted by Crippen LogP contribution is 2.28. The average Bonchev–Trinajstić information content (AvgIpc) is 2.40. The molecule has 0 fully saturated rings. The van der Waals surface area contributed by atoms with Gasteiger partial charge in [0.2, 0.25) is 0 Å². The van der Waals surface area contributed by atoms with Gasteiger partial charge in [-0.3, -0.25) is 0 Å². The van der Waals surface area contributed by atoms with Crippen LogP contribution in [0.1, 0.15) is 45.1 Å². The molecular weight excluding hydrogens is 246 g/mol. The standard InChI is InChI=1S/C14H24ClN3/c1-5-12-8-13(18-11(4)17-12)16-10-14(6-2,7-3)9-15/h8H,5-7,9-10H2,1-4H3,(H,16,17,18). The largest absolute Gasteiger partial charge is 0.369 e. The van der Waals surface area contributed by atoms with Crippen molar-refractivity contribution in [3.05, 3.63) is 17.6 Å². The fourth-order valence-electron chi connectivity index (χ4n) is 1.92. The van der Waals surface area contributed by atoms with Crippen molar-refractivity contribution in [1.29, 1.82) is 0 Å². The number of hydrogen-bond acceptors (Lipinski definition) is 3. The van der Waals surface area contributed by atoms with Gasteiger partial charge in [-0.05, 0) is 26.2 Å². The highest BCUT2D eigenvalue weighted by atomic mass is 35.5. The molecule has 1 N–H and O–H groups in total. The number of rotatable bonds is 7. The molecule has 18 heavy (non-hydrogen) atoms. The summed E-state index contributed by atoms with van der Waals surface area (Å²) in [6.45, 7) is 9.28. The van der Waals surface area contributed by atoms with Crippen LogP contribution >= 0.6 is 11.6 Å². The van der Waals surface area contributed by atoms with Crippen LogP contribution in [-0.2, 0) is 6.42 Å². The number of aromatic nitrogens is 2. The molecule has 102 valence electrons. The first-order valence-electron chi connectivity index (χ1n) is 6.73. The van der Waals surface area contributed by atoms with Crippen LogP contribution in [0.15, 0.2) is 6.07 Å². The molecule has 0 unspecified atom stereocenters. The molecule has 0 atom stereocenters. The van der Waals surface area contributed by atoms with Crippen molar-refractivity contribution in [3.8, 4) is 0 Å². The van der Waals surface area contributed by atoms with E-state index in [0.717, 1.165) is 43.1 Å². The van der Waals surface area contributed by atoms with Crippen molar-refractivity contribution in [3.63, 3.8) is 0 Å². The molecule has 0 saturated carbocycles. The summed E-state index contributed by atoms with van der Waals surface area (Å²) < 4.78 is 0. The van der Waals surface area contributed by atoms with Gasteiger partial charge in [0.15, 0.2) is 0 Å². The number of halogens is 1. The molecule has 0 spiro atoms. The maximum Gasteiger partial charge on any atom is 0.129 e. The molecule has 4 heteroatoms. The lowest BCUT2D eigenvalue weighted by Gasteiger charge is -2.29. The van der Waals surface area contributed by atoms with E-state index in [9.17, 15) is 0 Å². The van der Waals surface area contributed by atoms with Gasteiger partial charge in [0.25, 0.3) is 0 Å². The number of nitrogens with one attached hydrogen (secondary N) is 1. The SMILES string of the molecule is CCc1cc(NCC(CC)(CC)CCl)nc(C)n1.